The van der Waals surface area contributed by atoms with Gasteiger partial charge in [0.15, 0.2) is 0 Å². The Bertz CT molecular complexity index is 760. The summed E-state index contributed by atoms with van der Waals surface area (Å²) in [5.41, 5.74) is 4.59. The van der Waals surface area contributed by atoms with Gasteiger partial charge in [-0.05, 0) is 55.8 Å². The van der Waals surface area contributed by atoms with E-state index in [1.807, 2.05) is 36.6 Å². The zero-order valence-corrected chi connectivity index (χ0v) is 12.0. The molecule has 0 saturated carbocycles. The van der Waals surface area contributed by atoms with Crippen molar-refractivity contribution in [2.75, 3.05) is 0 Å². The number of nitrogens with zero attached hydrogens (tertiary/aromatic N) is 2. The SMILES string of the molecule is Cc1ccn2c(C(C)Cl)c(-c3ccc(F)cc3)nc2c1. The second-order valence-electron chi connectivity index (χ2n) is 4.90. The third-order valence-electron chi connectivity index (χ3n) is 3.31. The number of aromatic nitrogens is 2. The van der Waals surface area contributed by atoms with Gasteiger partial charge < -0.3 is 4.40 Å². The van der Waals surface area contributed by atoms with Crippen LogP contribution in [0.25, 0.3) is 16.9 Å². The maximum absolute atomic E-state index is 13.1. The Kier molecular flexibility index (Phi) is 3.22. The van der Waals surface area contributed by atoms with E-state index in [9.17, 15) is 4.39 Å². The molecule has 20 heavy (non-hydrogen) atoms. The monoisotopic (exact) mass is 288 g/mol. The van der Waals surface area contributed by atoms with Gasteiger partial charge in [-0.15, -0.1) is 11.6 Å². The summed E-state index contributed by atoms with van der Waals surface area (Å²) < 4.78 is 15.1. The zero-order chi connectivity index (χ0) is 14.3. The molecule has 3 rings (SSSR count). The van der Waals surface area contributed by atoms with Crippen molar-refractivity contribution in [2.45, 2.75) is 19.2 Å². The highest BCUT2D eigenvalue weighted by Crippen LogP contribution is 2.32. The number of hydrogen-bond donors (Lipinski definition) is 0. The van der Waals surface area contributed by atoms with Crippen LogP contribution in [0.3, 0.4) is 0 Å². The summed E-state index contributed by atoms with van der Waals surface area (Å²) in [4.78, 5) is 4.65. The Morgan fingerprint density at radius 2 is 1.90 bits per heavy atom. The molecule has 2 heterocycles. The third-order valence-corrected chi connectivity index (χ3v) is 3.52. The Hall–Kier alpha value is -1.87. The summed E-state index contributed by atoms with van der Waals surface area (Å²) in [7, 11) is 0. The van der Waals surface area contributed by atoms with Crippen LogP contribution in [0, 0.1) is 12.7 Å². The normalized spacial score (nSPS) is 12.8. The van der Waals surface area contributed by atoms with Crippen molar-refractivity contribution in [1.29, 1.82) is 0 Å². The van der Waals surface area contributed by atoms with Crippen LogP contribution in [-0.2, 0) is 0 Å². The maximum Gasteiger partial charge on any atom is 0.137 e. The fourth-order valence-corrected chi connectivity index (χ4v) is 2.57. The van der Waals surface area contributed by atoms with Crippen LogP contribution in [-0.4, -0.2) is 9.38 Å². The fraction of sp³-hybridized carbons (Fsp3) is 0.188. The topological polar surface area (TPSA) is 17.3 Å². The average molecular weight is 289 g/mol. The second kappa shape index (κ2) is 4.91. The lowest BCUT2D eigenvalue weighted by Crippen LogP contribution is -1.95. The molecule has 0 amide bonds. The predicted octanol–water partition coefficient (Wildman–Crippen LogP) is 4.75. The second-order valence-corrected chi connectivity index (χ2v) is 5.56. The molecule has 4 heteroatoms. The van der Waals surface area contributed by atoms with Crippen LogP contribution < -0.4 is 0 Å². The molecule has 0 spiro atoms. The van der Waals surface area contributed by atoms with Crippen LogP contribution in [0.4, 0.5) is 4.39 Å². The van der Waals surface area contributed by atoms with Gasteiger partial charge in [-0.2, -0.15) is 0 Å². The molecule has 0 radical (unpaired) electrons. The van der Waals surface area contributed by atoms with Gasteiger partial charge in [0.25, 0.3) is 0 Å². The van der Waals surface area contributed by atoms with E-state index in [4.69, 9.17) is 11.6 Å². The van der Waals surface area contributed by atoms with Crippen molar-refractivity contribution >= 4 is 17.2 Å². The van der Waals surface area contributed by atoms with Crippen LogP contribution in [0.15, 0.2) is 42.6 Å². The number of hydrogen-bond acceptors (Lipinski definition) is 1. The third kappa shape index (κ3) is 2.18. The molecule has 2 aromatic heterocycles. The van der Waals surface area contributed by atoms with E-state index in [1.54, 1.807) is 12.1 Å². The molecule has 0 aliphatic heterocycles. The summed E-state index contributed by atoms with van der Waals surface area (Å²) in [6.45, 7) is 3.94. The van der Waals surface area contributed by atoms with Crippen LogP contribution in [0.1, 0.15) is 23.6 Å². The summed E-state index contributed by atoms with van der Waals surface area (Å²) in [5, 5.41) is -0.187. The smallest absolute Gasteiger partial charge is 0.137 e. The van der Waals surface area contributed by atoms with Crippen molar-refractivity contribution in [3.8, 4) is 11.3 Å². The first-order valence-electron chi connectivity index (χ1n) is 6.45. The summed E-state index contributed by atoms with van der Waals surface area (Å²) >= 11 is 6.31. The summed E-state index contributed by atoms with van der Waals surface area (Å²) in [5.74, 6) is -0.256. The minimum Gasteiger partial charge on any atom is -0.302 e. The minimum absolute atomic E-state index is 0.187. The number of pyridine rings is 1. The van der Waals surface area contributed by atoms with Gasteiger partial charge in [0.2, 0.25) is 0 Å². The Labute approximate surface area is 121 Å². The number of halogens is 2. The summed E-state index contributed by atoms with van der Waals surface area (Å²) in [6.07, 6.45) is 1.97. The number of benzene rings is 1. The van der Waals surface area contributed by atoms with Crippen LogP contribution in [0.5, 0.6) is 0 Å². The van der Waals surface area contributed by atoms with E-state index in [2.05, 4.69) is 4.98 Å². The quantitative estimate of drug-likeness (QED) is 0.622. The molecular weight excluding hydrogens is 275 g/mol. The molecule has 0 aliphatic carbocycles. The van der Waals surface area contributed by atoms with Crippen molar-refractivity contribution in [2.24, 2.45) is 0 Å². The lowest BCUT2D eigenvalue weighted by molar-refractivity contribution is 0.628. The standard InChI is InChI=1S/C16H14ClFN2/c1-10-7-8-20-14(9-10)19-15(16(20)11(2)17)12-3-5-13(18)6-4-12/h3-9,11H,1-2H3. The van der Waals surface area contributed by atoms with Crippen molar-refractivity contribution in [1.82, 2.24) is 9.38 Å². The lowest BCUT2D eigenvalue weighted by Gasteiger charge is -2.07. The zero-order valence-electron chi connectivity index (χ0n) is 11.3. The van der Waals surface area contributed by atoms with E-state index in [0.717, 1.165) is 28.2 Å². The van der Waals surface area contributed by atoms with E-state index < -0.39 is 0 Å². The first-order chi connectivity index (χ1) is 9.56. The summed E-state index contributed by atoms with van der Waals surface area (Å²) in [6, 6.07) is 10.4. The van der Waals surface area contributed by atoms with Gasteiger partial charge in [-0.1, -0.05) is 0 Å². The number of fused-ring (bicyclic) bond motifs is 1. The van der Waals surface area contributed by atoms with Crippen LogP contribution in [0.2, 0.25) is 0 Å². The molecule has 0 aliphatic rings. The van der Waals surface area contributed by atoms with E-state index >= 15 is 0 Å². The Morgan fingerprint density at radius 1 is 1.20 bits per heavy atom. The Balaban J connectivity index is 2.28. The highest BCUT2D eigenvalue weighted by molar-refractivity contribution is 6.20. The van der Waals surface area contributed by atoms with Crippen molar-refractivity contribution < 1.29 is 4.39 Å². The van der Waals surface area contributed by atoms with E-state index in [1.165, 1.54) is 12.1 Å². The predicted molar refractivity (Wildman–Crippen MR) is 79.6 cm³/mol. The van der Waals surface area contributed by atoms with Gasteiger partial charge in [0.05, 0.1) is 16.8 Å². The van der Waals surface area contributed by atoms with Crippen molar-refractivity contribution in [3.63, 3.8) is 0 Å². The number of aryl methyl sites for hydroxylation is 1. The number of imidazole rings is 1. The molecular formula is C16H14ClFN2. The van der Waals surface area contributed by atoms with Gasteiger partial charge >= 0.3 is 0 Å². The molecule has 1 unspecified atom stereocenters. The van der Waals surface area contributed by atoms with Gasteiger partial charge in [-0.25, -0.2) is 9.37 Å². The first kappa shape index (κ1) is 13.1. The highest BCUT2D eigenvalue weighted by atomic mass is 35.5. The van der Waals surface area contributed by atoms with E-state index in [-0.39, 0.29) is 11.2 Å². The Morgan fingerprint density at radius 3 is 2.55 bits per heavy atom. The van der Waals surface area contributed by atoms with E-state index in [0.29, 0.717) is 0 Å². The lowest BCUT2D eigenvalue weighted by atomic mass is 10.1. The average Bonchev–Trinajstić information content (AvgIpc) is 2.77. The van der Waals surface area contributed by atoms with Gasteiger partial charge in [0.1, 0.15) is 11.5 Å². The molecule has 2 nitrogen and oxygen atoms in total. The molecule has 1 atom stereocenters. The van der Waals surface area contributed by atoms with Gasteiger partial charge in [-0.3, -0.25) is 0 Å². The van der Waals surface area contributed by atoms with Crippen LogP contribution >= 0.6 is 11.6 Å². The largest absolute Gasteiger partial charge is 0.302 e. The molecule has 102 valence electrons. The molecule has 3 aromatic rings. The number of alkyl halides is 1. The van der Waals surface area contributed by atoms with Crippen molar-refractivity contribution in [3.05, 3.63) is 59.7 Å². The molecule has 1 aromatic carbocycles. The minimum atomic E-state index is -0.256. The molecule has 0 fully saturated rings. The fourth-order valence-electron chi connectivity index (χ4n) is 2.37. The molecule has 0 N–H and O–H groups in total. The first-order valence-corrected chi connectivity index (χ1v) is 6.88. The molecule has 0 saturated heterocycles. The molecule has 0 bridgehead atoms. The highest BCUT2D eigenvalue weighted by Gasteiger charge is 2.17. The van der Waals surface area contributed by atoms with Gasteiger partial charge in [0, 0.05) is 11.8 Å². The maximum atomic E-state index is 13.1. The number of rotatable bonds is 2.